The van der Waals surface area contributed by atoms with E-state index in [1.807, 2.05) is 0 Å². The van der Waals surface area contributed by atoms with Crippen molar-refractivity contribution in [2.45, 2.75) is 56.7 Å². The van der Waals surface area contributed by atoms with Gasteiger partial charge in [-0.1, -0.05) is 5.16 Å². The van der Waals surface area contributed by atoms with Gasteiger partial charge in [-0.05, 0) is 83.1 Å². The Morgan fingerprint density at radius 2 is 1.79 bits per heavy atom. The van der Waals surface area contributed by atoms with Gasteiger partial charge in [0.15, 0.2) is 11.6 Å². The van der Waals surface area contributed by atoms with Gasteiger partial charge >= 0.3 is 6.18 Å². The summed E-state index contributed by atoms with van der Waals surface area (Å²) in [6.07, 6.45) is -5.35. The number of amides is 1. The van der Waals surface area contributed by atoms with E-state index in [0.717, 1.165) is 18.2 Å². The van der Waals surface area contributed by atoms with E-state index in [1.165, 1.54) is 37.4 Å². The number of carbonyl (C=O) groups is 1. The zero-order valence-electron chi connectivity index (χ0n) is 26.8. The molecule has 2 aromatic heterocycles. The molecule has 0 fully saturated rings. The van der Waals surface area contributed by atoms with Crippen LogP contribution in [0.3, 0.4) is 0 Å². The SMILES string of the molecule is COc1cc(C(=O)NC[C@@](O)(c2cc3c(c(-c4ccc(F)cc4)n2)OC[C@@]3(C)NS(=O)C(C)(C)C)C(F)(F)F)ccc1-c1nc(C)no1. The van der Waals surface area contributed by atoms with Crippen molar-refractivity contribution in [1.82, 2.24) is 25.2 Å². The largest absolute Gasteiger partial charge is 0.496 e. The number of hydrogen-bond acceptors (Lipinski definition) is 9. The maximum Gasteiger partial charge on any atom is 0.424 e. The Bertz CT molecular complexity index is 1880. The summed E-state index contributed by atoms with van der Waals surface area (Å²) in [5.41, 5.74) is -5.38. The van der Waals surface area contributed by atoms with Crippen LogP contribution in [0.4, 0.5) is 17.6 Å². The number of aliphatic hydroxyl groups is 1. The Labute approximate surface area is 275 Å². The molecule has 0 bridgehead atoms. The zero-order chi connectivity index (χ0) is 35.2. The van der Waals surface area contributed by atoms with Crippen LogP contribution in [0, 0.1) is 12.7 Å². The number of carbonyl (C=O) groups excluding carboxylic acids is 1. The van der Waals surface area contributed by atoms with E-state index < -0.39 is 57.0 Å². The molecule has 0 aliphatic carbocycles. The average Bonchev–Trinajstić information content (AvgIpc) is 3.61. The van der Waals surface area contributed by atoms with Gasteiger partial charge in [0.25, 0.3) is 11.8 Å². The number of ether oxygens (including phenoxy) is 2. The van der Waals surface area contributed by atoms with Crippen molar-refractivity contribution < 1.29 is 45.7 Å². The Morgan fingerprint density at radius 3 is 2.38 bits per heavy atom. The molecule has 3 N–H and O–H groups in total. The second kappa shape index (κ2) is 12.6. The second-order valence-corrected chi connectivity index (χ2v) is 14.4. The third kappa shape index (κ3) is 6.64. The zero-order valence-corrected chi connectivity index (χ0v) is 27.6. The molecule has 3 heterocycles. The molecule has 0 radical (unpaired) electrons. The summed E-state index contributed by atoms with van der Waals surface area (Å²) >= 11 is 0. The van der Waals surface area contributed by atoms with Gasteiger partial charge in [-0.15, -0.1) is 0 Å². The molecule has 0 saturated heterocycles. The number of fused-ring (bicyclic) bond motifs is 1. The first-order valence-electron chi connectivity index (χ1n) is 14.6. The van der Waals surface area contributed by atoms with Crippen molar-refractivity contribution in [3.63, 3.8) is 0 Å². The molecule has 3 atom stereocenters. The number of halogens is 4. The number of alkyl halides is 3. The fourth-order valence-corrected chi connectivity index (χ4v) is 5.79. The predicted molar refractivity (Wildman–Crippen MR) is 167 cm³/mol. The van der Waals surface area contributed by atoms with Crippen molar-refractivity contribution in [1.29, 1.82) is 0 Å². The van der Waals surface area contributed by atoms with Gasteiger partial charge in [0.05, 0.1) is 46.2 Å². The highest BCUT2D eigenvalue weighted by atomic mass is 32.2. The Morgan fingerprint density at radius 1 is 1.10 bits per heavy atom. The van der Waals surface area contributed by atoms with Gasteiger partial charge in [0.2, 0.25) is 5.60 Å². The lowest BCUT2D eigenvalue weighted by molar-refractivity contribution is -0.265. The van der Waals surface area contributed by atoms with Crippen molar-refractivity contribution >= 4 is 16.9 Å². The minimum Gasteiger partial charge on any atom is -0.496 e. The van der Waals surface area contributed by atoms with Crippen LogP contribution in [0.25, 0.3) is 22.7 Å². The van der Waals surface area contributed by atoms with E-state index in [1.54, 1.807) is 34.6 Å². The van der Waals surface area contributed by atoms with Crippen molar-refractivity contribution in [2.24, 2.45) is 0 Å². The van der Waals surface area contributed by atoms with Gasteiger partial charge in [0, 0.05) is 16.7 Å². The minimum absolute atomic E-state index is 0.0726. The van der Waals surface area contributed by atoms with Crippen LogP contribution in [-0.4, -0.2) is 61.5 Å². The molecular weight excluding hydrogens is 658 g/mol. The molecule has 16 heteroatoms. The van der Waals surface area contributed by atoms with E-state index in [-0.39, 0.29) is 46.4 Å². The molecular formula is C32H33F4N5O6S. The second-order valence-electron chi connectivity index (χ2n) is 12.4. The summed E-state index contributed by atoms with van der Waals surface area (Å²) in [6.45, 7) is 6.90. The van der Waals surface area contributed by atoms with Crippen molar-refractivity contribution in [2.75, 3.05) is 20.3 Å². The van der Waals surface area contributed by atoms with Crippen LogP contribution in [0.5, 0.6) is 11.5 Å². The summed E-state index contributed by atoms with van der Waals surface area (Å²) in [5.74, 6) is -0.873. The van der Waals surface area contributed by atoms with E-state index in [0.29, 0.717) is 11.4 Å². The summed E-state index contributed by atoms with van der Waals surface area (Å²) in [5, 5.41) is 17.3. The highest BCUT2D eigenvalue weighted by Crippen LogP contribution is 2.47. The summed E-state index contributed by atoms with van der Waals surface area (Å²) < 4.78 is 90.1. The molecule has 1 unspecified atom stereocenters. The molecule has 2 aromatic carbocycles. The highest BCUT2D eigenvalue weighted by molar-refractivity contribution is 7.84. The monoisotopic (exact) mass is 691 g/mol. The maximum absolute atomic E-state index is 14.9. The lowest BCUT2D eigenvalue weighted by Crippen LogP contribution is -2.52. The van der Waals surface area contributed by atoms with Crippen LogP contribution < -0.4 is 19.5 Å². The number of aromatic nitrogens is 3. The van der Waals surface area contributed by atoms with Gasteiger partial charge in [-0.2, -0.15) is 18.2 Å². The smallest absolute Gasteiger partial charge is 0.424 e. The third-order valence-corrected chi connectivity index (χ3v) is 9.43. The number of methoxy groups -OCH3 is 1. The Hall–Kier alpha value is -4.41. The predicted octanol–water partition coefficient (Wildman–Crippen LogP) is 5.09. The van der Waals surface area contributed by atoms with Gasteiger partial charge in [-0.25, -0.2) is 18.3 Å². The number of nitrogens with one attached hydrogen (secondary N) is 2. The molecule has 1 amide bonds. The minimum atomic E-state index is -5.35. The van der Waals surface area contributed by atoms with E-state index in [4.69, 9.17) is 14.0 Å². The molecule has 11 nitrogen and oxygen atoms in total. The summed E-state index contributed by atoms with van der Waals surface area (Å²) in [4.78, 5) is 21.5. The fraction of sp³-hybridized carbons (Fsp3) is 0.375. The van der Waals surface area contributed by atoms with E-state index in [9.17, 15) is 31.7 Å². The third-order valence-electron chi connectivity index (χ3n) is 7.68. The molecule has 5 rings (SSSR count). The standard InChI is InChI=1S/C32H33F4N5O6S/c1-17-38-28(47-40-17)21-12-9-19(13-23(21)45-6)27(42)37-15-31(43,32(34,35)36)24-14-22-26(25(39-24)18-7-10-20(33)11-8-18)46-16-30(22,5)41-48(44)29(2,3)4/h7-14,41,43H,15-16H2,1-6H3,(H,37,42)/t30-,31-,48?/m1/s1. The first-order valence-corrected chi connectivity index (χ1v) is 15.7. The van der Waals surface area contributed by atoms with Gasteiger partial charge in [-0.3, -0.25) is 4.79 Å². The molecule has 256 valence electrons. The van der Waals surface area contributed by atoms with Crippen LogP contribution in [0.1, 0.15) is 55.1 Å². The quantitative estimate of drug-likeness (QED) is 0.204. The molecule has 4 aromatic rings. The van der Waals surface area contributed by atoms with E-state index in [2.05, 4.69) is 25.2 Å². The number of nitrogens with zero attached hydrogens (tertiary/aromatic N) is 3. The maximum atomic E-state index is 14.9. The number of benzene rings is 2. The van der Waals surface area contributed by atoms with Crippen LogP contribution >= 0.6 is 0 Å². The highest BCUT2D eigenvalue weighted by Gasteiger charge is 2.57. The van der Waals surface area contributed by atoms with Gasteiger partial charge in [0.1, 0.15) is 23.9 Å². The van der Waals surface area contributed by atoms with Crippen molar-refractivity contribution in [3.05, 3.63) is 77.0 Å². The normalized spacial score (nSPS) is 18.1. The summed E-state index contributed by atoms with van der Waals surface area (Å²) in [6, 6.07) is 9.88. The lowest BCUT2D eigenvalue weighted by Gasteiger charge is -2.32. The van der Waals surface area contributed by atoms with E-state index >= 15 is 0 Å². The number of hydrogen-bond donors (Lipinski definition) is 3. The van der Waals surface area contributed by atoms with Crippen LogP contribution in [-0.2, 0) is 22.1 Å². The Kier molecular flexibility index (Phi) is 9.13. The topological polar surface area (TPSA) is 149 Å². The molecule has 0 saturated carbocycles. The number of aryl methyl sites for hydroxylation is 1. The average molecular weight is 692 g/mol. The molecule has 1 aliphatic rings. The molecule has 1 aliphatic heterocycles. The number of rotatable bonds is 9. The van der Waals surface area contributed by atoms with Gasteiger partial charge < -0.3 is 24.4 Å². The first-order chi connectivity index (χ1) is 22.4. The molecule has 0 spiro atoms. The summed E-state index contributed by atoms with van der Waals surface area (Å²) in [7, 11) is -0.358. The van der Waals surface area contributed by atoms with Crippen LogP contribution in [0.15, 0.2) is 53.1 Å². The van der Waals surface area contributed by atoms with Crippen molar-refractivity contribution in [3.8, 4) is 34.2 Å². The Balaban J connectivity index is 1.55. The molecule has 48 heavy (non-hydrogen) atoms. The fourth-order valence-electron chi connectivity index (χ4n) is 4.90. The first kappa shape index (κ1) is 34.9. The number of pyridine rings is 1. The lowest BCUT2D eigenvalue weighted by atomic mass is 9.89. The van der Waals surface area contributed by atoms with Crippen LogP contribution in [0.2, 0.25) is 0 Å².